The highest BCUT2D eigenvalue weighted by molar-refractivity contribution is 5.80. The highest BCUT2D eigenvalue weighted by Gasteiger charge is 2.74. The van der Waals surface area contributed by atoms with Gasteiger partial charge in [-0.15, -0.1) is 0 Å². The number of Topliss-reactive ketones (excluding diaryl/α,β-unsaturated/α-hetero) is 1. The third-order valence-corrected chi connectivity index (χ3v) is 32.3. The number of rotatable bonds is 36. The van der Waals surface area contributed by atoms with E-state index in [0.717, 1.165) is 24.8 Å². The van der Waals surface area contributed by atoms with Crippen LogP contribution in [0.2, 0.25) is 0 Å². The van der Waals surface area contributed by atoms with Crippen molar-refractivity contribution in [3.8, 4) is 0 Å². The normalized spacial score (nSPS) is 49.4. The number of aliphatic hydroxyl groups is 24. The SMILES string of the molecule is C[C@@H]1O[C@@H](O[C@H]2[C@H](OC(=O)[C@]34CCC(C)(C)C[C@H]3C3=CC[C@@H]5[C@@]6(C)C[C@H](O)[C@H](O[C@@H]7O[C@H](CO[C@@H]8OC[C@H](O)[C@H](O)[C@H]8O)[C@@H](O)[C@H](O)[C@H]7O)[C@@](C)(CO)[C@@H]6CC[C@@]5(C)[C@]3(C)C[C@H]4O)O[C@H](C)[C@H](OC(=O)C(CCCCCCC(=O)CCCCCCCO)O[C@@H]3OC[C@@H](O)[C@H](O)[C@H]3O)[C@@H]2O[C@@H]2O[C@H](CO)[C@@H](O)[C@H](O)[C@H]2O)[C@H](O)[C@H](O)[C@H]1O[C@@H]1OC[C@@H](O[C@@H]2OC[C@](O)(CO)[C@H]2O)[C@H](O)[C@H]1O. The van der Waals surface area contributed by atoms with Crippen molar-refractivity contribution in [2.75, 3.05) is 59.5 Å². The molecule has 0 amide bonds. The summed E-state index contributed by atoms with van der Waals surface area (Å²) in [6.45, 7) is 9.50. The number of fused-ring (bicyclic) bond motifs is 7. The molecule has 5 aliphatic carbocycles. The van der Waals surface area contributed by atoms with Crippen molar-refractivity contribution in [3.63, 3.8) is 0 Å². The van der Waals surface area contributed by atoms with Crippen LogP contribution in [0.5, 0.6) is 0 Å². The summed E-state index contributed by atoms with van der Waals surface area (Å²) in [4.78, 5) is 45.2. The first-order valence-corrected chi connectivity index (χ1v) is 47.6. The molecule has 47 atom stereocenters. The number of ether oxygens (including phenoxy) is 17. The first kappa shape index (κ1) is 108. The standard InChI is InChI=1S/C90H148O44/c1-39-68(130-77-64(110)58(104)50(35-121-77)128-82-72(114)89(117,37-94)38-122-82)61(107)67(113)78(123-39)132-71-70(131-79-65(111)59(105)56(102)48(31-92)126-79)69(129-74(115)47(125-76-63(109)55(101)46(98)33-119-76)20-16-12-11-15-19-41(95)18-14-10-9-13-17-27-91)40(2)124-81(71)134-83(116)90-26-25-84(3,4)28-43(90)42-21-22-52-85(5)29-44(96)73(86(6,36-93)51(85)23-24-87(52,7)88(42,8)30-53(90)99)133-80-66(112)60(106)57(103)49(127-80)34-120-75-62(108)54(100)45(97)32-118-75/h21,39-40,43-73,75-82,91-94,96-114,117H,9-20,22-38H2,1-8H3/t39-,40+,43-,44-,45-,46+,47?,48+,49+,50+,51+,52+,53+,54-,55-,56+,57+,58-,59-,60-,61-,62+,63+,64+,65+,66+,67+,68-,69-,70-,71+,72-,73-,75-,76-,77-,78-,79-,80-,81-,82-,85-,86-,87+,88+,89+,90+/m0/s1. The Morgan fingerprint density at radius 2 is 1.02 bits per heavy atom. The number of carbonyl (C=O) groups is 3. The molecule has 24 N–H and O–H groups in total. The average Bonchev–Trinajstić information content (AvgIpc) is 0.675. The van der Waals surface area contributed by atoms with Gasteiger partial charge in [0, 0.05) is 24.9 Å². The highest BCUT2D eigenvalue weighted by Crippen LogP contribution is 2.76. The quantitative estimate of drug-likeness (QED) is 0.0120. The lowest BCUT2D eigenvalue weighted by Crippen LogP contribution is -2.71. The zero-order chi connectivity index (χ0) is 97.7. The molecule has 0 aromatic carbocycles. The number of allylic oxidation sites excluding steroid dienone is 2. The molecule has 0 spiro atoms. The molecule has 0 radical (unpaired) electrons. The van der Waals surface area contributed by atoms with Crippen LogP contribution in [-0.4, -0.2) is 439 Å². The van der Waals surface area contributed by atoms with Crippen LogP contribution in [0.15, 0.2) is 11.6 Å². The Labute approximate surface area is 776 Å². The van der Waals surface area contributed by atoms with Gasteiger partial charge in [-0.1, -0.05) is 91.7 Å². The Hall–Kier alpha value is -3.21. The summed E-state index contributed by atoms with van der Waals surface area (Å²) in [5.41, 5.74) is -7.77. The highest BCUT2D eigenvalue weighted by atomic mass is 16.8. The van der Waals surface area contributed by atoms with E-state index in [1.165, 1.54) is 13.8 Å². The van der Waals surface area contributed by atoms with E-state index in [0.29, 0.717) is 64.2 Å². The zero-order valence-corrected chi connectivity index (χ0v) is 77.2. The summed E-state index contributed by atoms with van der Waals surface area (Å²) in [6, 6.07) is 0. The minimum Gasteiger partial charge on any atom is -0.455 e. The molecule has 772 valence electrons. The predicted octanol–water partition coefficient (Wildman–Crippen LogP) is -6.06. The third-order valence-electron chi connectivity index (χ3n) is 32.3. The molecule has 13 rings (SSSR count). The Kier molecular flexibility index (Phi) is 35.6. The Morgan fingerprint density at radius 3 is 1.66 bits per heavy atom. The Morgan fingerprint density at radius 1 is 0.470 bits per heavy atom. The molecule has 8 aliphatic heterocycles. The first-order valence-electron chi connectivity index (χ1n) is 47.6. The van der Waals surface area contributed by atoms with Crippen LogP contribution < -0.4 is 0 Å². The van der Waals surface area contributed by atoms with Crippen molar-refractivity contribution < 1.29 is 217 Å². The van der Waals surface area contributed by atoms with Crippen molar-refractivity contribution in [3.05, 3.63) is 11.6 Å². The number of unbranched alkanes of at least 4 members (excludes halogenated alkanes) is 7. The van der Waals surface area contributed by atoms with Gasteiger partial charge in [-0.05, 0) is 130 Å². The zero-order valence-electron chi connectivity index (χ0n) is 77.2. The van der Waals surface area contributed by atoms with Crippen LogP contribution >= 0.6 is 0 Å². The summed E-state index contributed by atoms with van der Waals surface area (Å²) >= 11 is 0. The van der Waals surface area contributed by atoms with E-state index >= 15 is 9.59 Å². The van der Waals surface area contributed by atoms with Crippen LogP contribution in [-0.2, 0) is 94.9 Å². The van der Waals surface area contributed by atoms with Crippen LogP contribution in [0, 0.1) is 50.2 Å². The maximum Gasteiger partial charge on any atom is 0.335 e. The minimum absolute atomic E-state index is 0.0372. The fraction of sp³-hybridized carbons (Fsp3) is 0.944. The van der Waals surface area contributed by atoms with Crippen LogP contribution in [0.3, 0.4) is 0 Å². The van der Waals surface area contributed by atoms with E-state index < -0.39 is 348 Å². The smallest absolute Gasteiger partial charge is 0.335 e. The van der Waals surface area contributed by atoms with E-state index in [2.05, 4.69) is 13.0 Å². The summed E-state index contributed by atoms with van der Waals surface area (Å²) in [5, 5.41) is 269. The van der Waals surface area contributed by atoms with Crippen LogP contribution in [0.4, 0.5) is 0 Å². The topological polar surface area (TPSA) is 694 Å². The van der Waals surface area contributed by atoms with Gasteiger partial charge in [0.1, 0.15) is 151 Å². The molecular weight excluding hydrogens is 1780 g/mol. The number of esters is 2. The van der Waals surface area contributed by atoms with Gasteiger partial charge >= 0.3 is 11.9 Å². The number of ketones is 1. The van der Waals surface area contributed by atoms with Gasteiger partial charge in [0.05, 0.1) is 83.4 Å². The summed E-state index contributed by atoms with van der Waals surface area (Å²) in [6.07, 6.45) is -60.0. The second kappa shape index (κ2) is 44.2. The molecule has 8 heterocycles. The fourth-order valence-corrected chi connectivity index (χ4v) is 23.9. The second-order valence-corrected chi connectivity index (χ2v) is 41.6. The van der Waals surface area contributed by atoms with Crippen LogP contribution in [0.1, 0.15) is 184 Å². The number of hydrogen-bond donors (Lipinski definition) is 24. The summed E-state index contributed by atoms with van der Waals surface area (Å²) < 4.78 is 104. The third kappa shape index (κ3) is 21.4. The first-order chi connectivity index (χ1) is 63.2. The molecule has 44 nitrogen and oxygen atoms in total. The van der Waals surface area contributed by atoms with E-state index in [1.807, 2.05) is 27.7 Å². The lowest BCUT2D eigenvalue weighted by molar-refractivity contribution is -0.392. The largest absolute Gasteiger partial charge is 0.455 e. The molecule has 12 fully saturated rings. The molecule has 8 saturated heterocycles. The van der Waals surface area contributed by atoms with Gasteiger partial charge in [0.25, 0.3) is 0 Å². The second-order valence-electron chi connectivity index (χ2n) is 41.6. The lowest BCUT2D eigenvalue weighted by Gasteiger charge is -2.72. The molecule has 134 heavy (non-hydrogen) atoms. The number of hydrogen-bond acceptors (Lipinski definition) is 44. The van der Waals surface area contributed by atoms with E-state index in [9.17, 15) is 122 Å². The fourth-order valence-electron chi connectivity index (χ4n) is 23.9. The monoisotopic (exact) mass is 1930 g/mol. The molecule has 0 bridgehead atoms. The summed E-state index contributed by atoms with van der Waals surface area (Å²) in [5.74, 6) is -3.98. The predicted molar refractivity (Wildman–Crippen MR) is 448 cm³/mol. The Balaban J connectivity index is 0.807. The van der Waals surface area contributed by atoms with Gasteiger partial charge in [-0.2, -0.15) is 0 Å². The Bertz CT molecular complexity index is 3840. The number of carbonyl (C=O) groups excluding carboxylic acids is 3. The molecule has 4 saturated carbocycles. The molecule has 0 aromatic rings. The van der Waals surface area contributed by atoms with Crippen molar-refractivity contribution in [1.29, 1.82) is 0 Å². The van der Waals surface area contributed by atoms with Crippen molar-refractivity contribution in [2.24, 2.45) is 50.2 Å². The summed E-state index contributed by atoms with van der Waals surface area (Å²) in [7, 11) is 0. The van der Waals surface area contributed by atoms with Gasteiger partial charge < -0.3 is 203 Å². The molecular formula is C90H148O44. The van der Waals surface area contributed by atoms with Gasteiger partial charge in [0.15, 0.2) is 62.3 Å². The lowest BCUT2D eigenvalue weighted by atomic mass is 9.33. The van der Waals surface area contributed by atoms with Crippen LogP contribution in [0.25, 0.3) is 0 Å². The molecule has 13 aliphatic rings. The van der Waals surface area contributed by atoms with Crippen molar-refractivity contribution in [1.82, 2.24) is 0 Å². The number of aliphatic hydroxyl groups excluding tert-OH is 23. The van der Waals surface area contributed by atoms with Crippen molar-refractivity contribution >= 4 is 17.7 Å². The van der Waals surface area contributed by atoms with E-state index in [-0.39, 0.29) is 63.3 Å². The maximum absolute atomic E-state index is 16.8. The maximum atomic E-state index is 16.8. The van der Waals surface area contributed by atoms with Gasteiger partial charge in [-0.25, -0.2) is 4.79 Å². The minimum atomic E-state index is -2.31. The van der Waals surface area contributed by atoms with E-state index in [4.69, 9.17) is 85.6 Å². The molecule has 1 unspecified atom stereocenters. The molecule has 0 aromatic heterocycles. The average molecular weight is 1930 g/mol. The van der Waals surface area contributed by atoms with Gasteiger partial charge in [0.2, 0.25) is 6.29 Å². The molecule has 44 heteroatoms. The van der Waals surface area contributed by atoms with Crippen molar-refractivity contribution in [2.45, 2.75) is 423 Å². The van der Waals surface area contributed by atoms with Gasteiger partial charge in [-0.3, -0.25) is 9.59 Å². The van der Waals surface area contributed by atoms with E-state index in [1.54, 1.807) is 6.92 Å².